The quantitative estimate of drug-likeness (QED) is 0.710. The maximum Gasteiger partial charge on any atom is 0.206 e. The number of rotatable bonds is 5. The summed E-state index contributed by atoms with van der Waals surface area (Å²) in [6, 6.07) is 9.83. The lowest BCUT2D eigenvalue weighted by Gasteiger charge is -2.18. The number of thioether (sulfide) groups is 1. The second kappa shape index (κ2) is 6.63. The summed E-state index contributed by atoms with van der Waals surface area (Å²) in [6.07, 6.45) is 0. The van der Waals surface area contributed by atoms with E-state index in [1.165, 1.54) is 11.3 Å². The largest absolute Gasteiger partial charge is 0.355 e. The lowest BCUT2D eigenvalue weighted by molar-refractivity contribution is 0.631. The van der Waals surface area contributed by atoms with Crippen LogP contribution in [0.4, 0.5) is 5.13 Å². The van der Waals surface area contributed by atoms with Crippen LogP contribution in [0, 0.1) is 0 Å². The number of nitrogens with zero attached hydrogens (tertiary/aromatic N) is 6. The molecule has 0 atom stereocenters. The van der Waals surface area contributed by atoms with Crippen molar-refractivity contribution in [3.63, 3.8) is 0 Å². The van der Waals surface area contributed by atoms with Crippen LogP contribution in [0.3, 0.4) is 0 Å². The van der Waals surface area contributed by atoms with Gasteiger partial charge in [0.15, 0.2) is 10.2 Å². The molecule has 0 aliphatic heterocycles. The van der Waals surface area contributed by atoms with Crippen molar-refractivity contribution in [3.8, 4) is 5.69 Å². The molecule has 0 unspecified atom stereocenters. The van der Waals surface area contributed by atoms with E-state index in [9.17, 15) is 0 Å². The number of benzene rings is 1. The van der Waals surface area contributed by atoms with E-state index < -0.39 is 0 Å². The fourth-order valence-electron chi connectivity index (χ4n) is 1.83. The maximum absolute atomic E-state index is 4.19. The molecule has 23 heavy (non-hydrogen) atoms. The van der Waals surface area contributed by atoms with E-state index in [0.717, 1.165) is 21.0 Å². The third kappa shape index (κ3) is 4.26. The Morgan fingerprint density at radius 3 is 2.65 bits per heavy atom. The summed E-state index contributed by atoms with van der Waals surface area (Å²) in [6.45, 7) is 6.28. The zero-order valence-electron chi connectivity index (χ0n) is 13.1. The van der Waals surface area contributed by atoms with Crippen molar-refractivity contribution >= 4 is 28.2 Å². The highest BCUT2D eigenvalue weighted by molar-refractivity contribution is 8.00. The zero-order chi connectivity index (χ0) is 16.3. The van der Waals surface area contributed by atoms with Crippen LogP contribution in [-0.2, 0) is 5.75 Å². The van der Waals surface area contributed by atoms with Gasteiger partial charge < -0.3 is 5.32 Å². The van der Waals surface area contributed by atoms with Gasteiger partial charge in [-0.05, 0) is 43.3 Å². The topological polar surface area (TPSA) is 81.4 Å². The molecule has 3 rings (SSSR count). The van der Waals surface area contributed by atoms with E-state index >= 15 is 0 Å². The number of aromatic nitrogens is 6. The second-order valence-corrected chi connectivity index (χ2v) is 8.08. The van der Waals surface area contributed by atoms with Crippen LogP contribution in [0.1, 0.15) is 26.6 Å². The molecule has 120 valence electrons. The molecule has 0 aliphatic rings. The third-order valence-corrected chi connectivity index (χ3v) is 4.72. The number of tetrazole rings is 1. The van der Waals surface area contributed by atoms with E-state index in [0.29, 0.717) is 5.75 Å². The van der Waals surface area contributed by atoms with Crippen LogP contribution < -0.4 is 5.32 Å². The molecule has 0 spiro atoms. The number of hydrogen-bond donors (Lipinski definition) is 1. The van der Waals surface area contributed by atoms with Gasteiger partial charge in [0.05, 0.1) is 11.4 Å². The van der Waals surface area contributed by atoms with Crippen LogP contribution >= 0.6 is 23.1 Å². The molecule has 0 amide bonds. The van der Waals surface area contributed by atoms with Gasteiger partial charge in [-0.25, -0.2) is 0 Å². The van der Waals surface area contributed by atoms with Gasteiger partial charge >= 0.3 is 0 Å². The Labute approximate surface area is 142 Å². The summed E-state index contributed by atoms with van der Waals surface area (Å²) < 4.78 is 2.63. The van der Waals surface area contributed by atoms with Crippen molar-refractivity contribution in [2.75, 3.05) is 5.32 Å². The highest BCUT2D eigenvalue weighted by Gasteiger charge is 2.14. The molecule has 0 saturated heterocycles. The molecule has 9 heteroatoms. The van der Waals surface area contributed by atoms with E-state index in [4.69, 9.17) is 0 Å². The van der Waals surface area contributed by atoms with Gasteiger partial charge in [-0.15, -0.1) is 15.3 Å². The smallest absolute Gasteiger partial charge is 0.206 e. The van der Waals surface area contributed by atoms with Crippen molar-refractivity contribution in [2.24, 2.45) is 0 Å². The fraction of sp³-hybridized carbons (Fsp3) is 0.357. The summed E-state index contributed by atoms with van der Waals surface area (Å²) >= 11 is 3.11. The van der Waals surface area contributed by atoms with Gasteiger partial charge in [0.25, 0.3) is 0 Å². The predicted molar refractivity (Wildman–Crippen MR) is 92.0 cm³/mol. The van der Waals surface area contributed by atoms with E-state index in [2.05, 4.69) is 51.8 Å². The molecular weight excluding hydrogens is 330 g/mol. The second-order valence-electron chi connectivity index (χ2n) is 5.88. The minimum absolute atomic E-state index is 0.0289. The minimum Gasteiger partial charge on any atom is -0.355 e. The van der Waals surface area contributed by atoms with Gasteiger partial charge in [0.2, 0.25) is 5.13 Å². The Morgan fingerprint density at radius 2 is 1.91 bits per heavy atom. The standard InChI is InChI=1S/C14H17N7S2/c1-14(2,3)15-12-17-18-13(23-12)22-9-11-16-19-20-21(11)10-7-5-4-6-8-10/h4-8H,9H2,1-3H3,(H,15,17). The highest BCUT2D eigenvalue weighted by atomic mass is 32.2. The average Bonchev–Trinajstić information content (AvgIpc) is 3.13. The Kier molecular flexibility index (Phi) is 4.58. The minimum atomic E-state index is -0.0289. The fourth-order valence-corrected chi connectivity index (χ4v) is 3.70. The van der Waals surface area contributed by atoms with Gasteiger partial charge in [0, 0.05) is 5.54 Å². The molecule has 7 nitrogen and oxygen atoms in total. The van der Waals surface area contributed by atoms with Crippen molar-refractivity contribution in [1.82, 2.24) is 30.4 Å². The van der Waals surface area contributed by atoms with Crippen LogP contribution in [-0.4, -0.2) is 35.9 Å². The summed E-state index contributed by atoms with van der Waals surface area (Å²) in [5.74, 6) is 1.41. The molecule has 1 aromatic carbocycles. The van der Waals surface area contributed by atoms with Crippen molar-refractivity contribution in [1.29, 1.82) is 0 Å². The zero-order valence-corrected chi connectivity index (χ0v) is 14.7. The Balaban J connectivity index is 1.67. The molecule has 0 aliphatic carbocycles. The normalized spacial score (nSPS) is 11.6. The van der Waals surface area contributed by atoms with Gasteiger partial charge in [-0.2, -0.15) is 4.68 Å². The SMILES string of the molecule is CC(C)(C)Nc1nnc(SCc2nnnn2-c2ccccc2)s1. The predicted octanol–water partition coefficient (Wildman–Crippen LogP) is 3.02. The lowest BCUT2D eigenvalue weighted by atomic mass is 10.1. The molecule has 0 radical (unpaired) electrons. The van der Waals surface area contributed by atoms with Crippen molar-refractivity contribution in [3.05, 3.63) is 36.2 Å². The molecule has 3 aromatic rings. The monoisotopic (exact) mass is 347 g/mol. The van der Waals surface area contributed by atoms with Crippen molar-refractivity contribution in [2.45, 2.75) is 36.4 Å². The first-order valence-electron chi connectivity index (χ1n) is 7.08. The molecule has 0 fully saturated rings. The first kappa shape index (κ1) is 15.9. The Morgan fingerprint density at radius 1 is 1.13 bits per heavy atom. The van der Waals surface area contributed by atoms with E-state index in [1.54, 1.807) is 16.4 Å². The summed E-state index contributed by atoms with van der Waals surface area (Å²) in [7, 11) is 0. The van der Waals surface area contributed by atoms with Crippen LogP contribution in [0.25, 0.3) is 5.69 Å². The number of nitrogens with one attached hydrogen (secondary N) is 1. The molecule has 0 saturated carbocycles. The third-order valence-electron chi connectivity index (χ3n) is 2.75. The van der Waals surface area contributed by atoms with Gasteiger partial charge in [-0.3, -0.25) is 0 Å². The highest BCUT2D eigenvalue weighted by Crippen LogP contribution is 2.29. The molecule has 0 bridgehead atoms. The number of anilines is 1. The van der Waals surface area contributed by atoms with Crippen molar-refractivity contribution < 1.29 is 0 Å². The molecule has 1 N–H and O–H groups in total. The summed E-state index contributed by atoms with van der Waals surface area (Å²) in [4.78, 5) is 0. The first-order valence-corrected chi connectivity index (χ1v) is 8.89. The summed E-state index contributed by atoms with van der Waals surface area (Å²) in [5.41, 5.74) is 0.916. The van der Waals surface area contributed by atoms with Gasteiger partial charge in [-0.1, -0.05) is 41.3 Å². The van der Waals surface area contributed by atoms with Crippen LogP contribution in [0.5, 0.6) is 0 Å². The summed E-state index contributed by atoms with van der Waals surface area (Å²) in [5, 5.41) is 24.4. The van der Waals surface area contributed by atoms with Crippen LogP contribution in [0.15, 0.2) is 34.7 Å². The maximum atomic E-state index is 4.19. The number of hydrogen-bond acceptors (Lipinski definition) is 8. The van der Waals surface area contributed by atoms with E-state index in [1.807, 2.05) is 30.3 Å². The number of para-hydroxylation sites is 1. The molecular formula is C14H17N7S2. The molecule has 2 aromatic heterocycles. The lowest BCUT2D eigenvalue weighted by Crippen LogP contribution is -2.25. The molecule has 2 heterocycles. The first-order chi connectivity index (χ1) is 11.0. The Hall–Kier alpha value is -2.00. The van der Waals surface area contributed by atoms with E-state index in [-0.39, 0.29) is 5.54 Å². The van der Waals surface area contributed by atoms with Crippen LogP contribution in [0.2, 0.25) is 0 Å². The Bertz CT molecular complexity index is 761. The average molecular weight is 347 g/mol. The van der Waals surface area contributed by atoms with Gasteiger partial charge in [0.1, 0.15) is 0 Å².